The van der Waals surface area contributed by atoms with Gasteiger partial charge in [0.15, 0.2) is 17.2 Å². The number of likely N-dealkylation sites (tertiary alicyclic amines) is 1. The topological polar surface area (TPSA) is 106 Å². The van der Waals surface area contributed by atoms with Crippen molar-refractivity contribution in [2.75, 3.05) is 33.9 Å². The molecular weight excluding hydrogens is 448 g/mol. The van der Waals surface area contributed by atoms with E-state index in [2.05, 4.69) is 11.4 Å². The molecule has 0 aliphatic carbocycles. The zero-order chi connectivity index (χ0) is 24.8. The smallest absolute Gasteiger partial charge is 0.272 e. The number of fused-ring (bicyclic) bond motifs is 1. The Hall–Kier alpha value is -3.59. The van der Waals surface area contributed by atoms with Gasteiger partial charge in [0.05, 0.1) is 19.9 Å². The number of piperidine rings is 1. The Balaban J connectivity index is 1.57. The average Bonchev–Trinajstić information content (AvgIpc) is 3.34. The number of methoxy groups -OCH3 is 2. The number of ether oxygens (including phenoxy) is 2. The van der Waals surface area contributed by atoms with Gasteiger partial charge in [-0.3, -0.25) is 9.59 Å². The second kappa shape index (κ2) is 11.2. The first-order valence-corrected chi connectivity index (χ1v) is 11.9. The zero-order valence-corrected chi connectivity index (χ0v) is 20.2. The van der Waals surface area contributed by atoms with Crippen LogP contribution in [0.25, 0.3) is 5.70 Å². The zero-order valence-electron chi connectivity index (χ0n) is 20.2. The van der Waals surface area contributed by atoms with Gasteiger partial charge in [0.25, 0.3) is 5.91 Å². The Morgan fingerprint density at radius 2 is 1.91 bits per heavy atom. The summed E-state index contributed by atoms with van der Waals surface area (Å²) >= 11 is 0. The van der Waals surface area contributed by atoms with Crippen molar-refractivity contribution < 1.29 is 24.2 Å². The lowest BCUT2D eigenvalue weighted by Gasteiger charge is -2.31. The summed E-state index contributed by atoms with van der Waals surface area (Å²) in [6.45, 7) is 0.549. The Morgan fingerprint density at radius 1 is 1.14 bits per heavy atom. The van der Waals surface area contributed by atoms with E-state index in [1.807, 2.05) is 41.1 Å². The maximum absolute atomic E-state index is 13.1. The Morgan fingerprint density at radius 3 is 2.63 bits per heavy atom. The van der Waals surface area contributed by atoms with Crippen molar-refractivity contribution in [1.29, 1.82) is 0 Å². The van der Waals surface area contributed by atoms with Crippen molar-refractivity contribution in [1.82, 2.24) is 20.0 Å². The van der Waals surface area contributed by atoms with Crippen molar-refractivity contribution >= 4 is 17.5 Å². The van der Waals surface area contributed by atoms with Gasteiger partial charge < -0.3 is 24.8 Å². The molecule has 0 spiro atoms. The molecule has 2 N–H and O–H groups in total. The van der Waals surface area contributed by atoms with E-state index in [-0.39, 0.29) is 17.9 Å². The van der Waals surface area contributed by atoms with Gasteiger partial charge in [0.2, 0.25) is 5.91 Å². The summed E-state index contributed by atoms with van der Waals surface area (Å²) in [7, 11) is 3.20. The summed E-state index contributed by atoms with van der Waals surface area (Å²) in [4.78, 5) is 26.4. The van der Waals surface area contributed by atoms with Crippen LogP contribution in [0.15, 0.2) is 42.5 Å². The molecule has 0 radical (unpaired) electrons. The van der Waals surface area contributed by atoms with Gasteiger partial charge in [0.1, 0.15) is 6.61 Å². The van der Waals surface area contributed by atoms with E-state index < -0.39 is 6.61 Å². The van der Waals surface area contributed by atoms with Crippen LogP contribution in [-0.2, 0) is 11.2 Å². The minimum atomic E-state index is -0.484. The summed E-state index contributed by atoms with van der Waals surface area (Å²) in [5, 5.41) is 16.8. The molecule has 1 saturated heterocycles. The van der Waals surface area contributed by atoms with Crippen LogP contribution in [0.3, 0.4) is 0 Å². The van der Waals surface area contributed by atoms with Gasteiger partial charge in [-0.15, -0.1) is 0 Å². The summed E-state index contributed by atoms with van der Waals surface area (Å²) < 4.78 is 12.7. The number of aliphatic hydroxyl groups excluding tert-OH is 1. The molecule has 186 valence electrons. The number of rotatable bonds is 6. The third-order valence-electron chi connectivity index (χ3n) is 6.44. The number of nitrogens with one attached hydrogen (secondary N) is 1. The van der Waals surface area contributed by atoms with Crippen LogP contribution in [0.5, 0.6) is 11.5 Å². The van der Waals surface area contributed by atoms with E-state index in [1.54, 1.807) is 19.1 Å². The summed E-state index contributed by atoms with van der Waals surface area (Å²) in [5.74, 6) is 0.759. The lowest BCUT2D eigenvalue weighted by molar-refractivity contribution is -0.135. The number of aromatic nitrogens is 2. The maximum Gasteiger partial charge on any atom is 0.272 e. The van der Waals surface area contributed by atoms with E-state index in [1.165, 1.54) is 0 Å². The number of carbonyl (C=O) groups is 2. The lowest BCUT2D eigenvalue weighted by atomic mass is 10.0. The molecule has 2 amide bonds. The highest BCUT2D eigenvalue weighted by Gasteiger charge is 2.25. The van der Waals surface area contributed by atoms with Crippen molar-refractivity contribution in [3.8, 4) is 11.5 Å². The predicted octanol–water partition coefficient (Wildman–Crippen LogP) is 2.40. The van der Waals surface area contributed by atoms with Crippen molar-refractivity contribution in [2.45, 2.75) is 38.1 Å². The molecule has 0 bridgehead atoms. The molecule has 1 aromatic heterocycles. The summed E-state index contributed by atoms with van der Waals surface area (Å²) in [6, 6.07) is 7.53. The van der Waals surface area contributed by atoms with E-state index in [0.29, 0.717) is 43.1 Å². The molecule has 2 aliphatic rings. The quantitative estimate of drug-likeness (QED) is 0.658. The van der Waals surface area contributed by atoms with E-state index in [4.69, 9.17) is 19.7 Å². The molecule has 9 nitrogen and oxygen atoms in total. The summed E-state index contributed by atoms with van der Waals surface area (Å²) in [5.41, 5.74) is 3.06. The summed E-state index contributed by atoms with van der Waals surface area (Å²) in [6.07, 6.45) is 10.1. The van der Waals surface area contributed by atoms with E-state index >= 15 is 0 Å². The Labute approximate surface area is 205 Å². The van der Waals surface area contributed by atoms with Crippen LogP contribution in [0.4, 0.5) is 0 Å². The number of amides is 2. The first-order valence-electron chi connectivity index (χ1n) is 11.9. The Kier molecular flexibility index (Phi) is 7.87. The van der Waals surface area contributed by atoms with Crippen LogP contribution in [0, 0.1) is 0 Å². The van der Waals surface area contributed by atoms with Crippen molar-refractivity contribution in [3.63, 3.8) is 0 Å². The number of allylic oxidation sites excluding steroid dienone is 3. The average molecular weight is 481 g/mol. The van der Waals surface area contributed by atoms with Crippen molar-refractivity contribution in [3.05, 3.63) is 59.4 Å². The van der Waals surface area contributed by atoms with Gasteiger partial charge in [-0.25, -0.2) is 4.68 Å². The highest BCUT2D eigenvalue weighted by Crippen LogP contribution is 2.32. The molecule has 0 unspecified atom stereocenters. The standard InChI is InChI=1S/C26H32N4O5/c1-34-23-10-9-18(15-24(23)35-2)22-8-6-4-3-5-7-20-16-21(28-30(20)22)26(33)27-19-11-13-29(14-12-19)25(32)17-31/h4,6,8-10,15-16,19,31H,3,5,7,11-14,17H2,1-2H3,(H,27,33)/b6-4-,22-8-. The number of hydrogen-bond acceptors (Lipinski definition) is 6. The molecule has 0 atom stereocenters. The lowest BCUT2D eigenvalue weighted by Crippen LogP contribution is -2.47. The van der Waals surface area contributed by atoms with Gasteiger partial charge in [0, 0.05) is 30.4 Å². The normalized spacial score (nSPS) is 18.8. The van der Waals surface area contributed by atoms with Gasteiger partial charge >= 0.3 is 0 Å². The Bertz CT molecular complexity index is 1130. The van der Waals surface area contributed by atoms with Crippen LogP contribution in [-0.4, -0.2) is 71.6 Å². The minimum Gasteiger partial charge on any atom is -0.493 e. The van der Waals surface area contributed by atoms with Gasteiger partial charge in [-0.2, -0.15) is 5.10 Å². The molecule has 35 heavy (non-hydrogen) atoms. The number of benzene rings is 1. The highest BCUT2D eigenvalue weighted by atomic mass is 16.5. The molecule has 9 heteroatoms. The molecule has 1 aromatic carbocycles. The molecule has 4 rings (SSSR count). The van der Waals surface area contributed by atoms with Gasteiger partial charge in [-0.05, 0) is 62.4 Å². The molecule has 1 fully saturated rings. The number of aliphatic hydroxyl groups is 1. The number of hydrogen-bond donors (Lipinski definition) is 2. The first-order chi connectivity index (χ1) is 17.0. The molecule has 2 aromatic rings. The maximum atomic E-state index is 13.1. The fourth-order valence-corrected chi connectivity index (χ4v) is 4.49. The van der Waals surface area contributed by atoms with Crippen LogP contribution < -0.4 is 14.8 Å². The van der Waals surface area contributed by atoms with Crippen LogP contribution in [0.1, 0.15) is 47.4 Å². The molecule has 0 saturated carbocycles. The van der Waals surface area contributed by atoms with E-state index in [0.717, 1.165) is 36.2 Å². The van der Waals surface area contributed by atoms with Crippen LogP contribution >= 0.6 is 0 Å². The molecular formula is C26H32N4O5. The minimum absolute atomic E-state index is 0.0403. The number of carbonyl (C=O) groups excluding carboxylic acids is 2. The second-order valence-corrected chi connectivity index (χ2v) is 8.66. The fourth-order valence-electron chi connectivity index (χ4n) is 4.49. The first kappa shape index (κ1) is 24.5. The molecule has 2 aliphatic heterocycles. The van der Waals surface area contributed by atoms with Crippen LogP contribution in [0.2, 0.25) is 0 Å². The highest BCUT2D eigenvalue weighted by molar-refractivity contribution is 5.93. The monoisotopic (exact) mass is 480 g/mol. The van der Waals surface area contributed by atoms with Gasteiger partial charge in [-0.1, -0.05) is 12.2 Å². The third kappa shape index (κ3) is 5.57. The SMILES string of the molecule is COc1ccc(/C2=C/C=C\CCCc3cc(C(=O)NC4CCN(C(=O)CO)CC4)nn32)cc1OC. The largest absolute Gasteiger partial charge is 0.493 e. The predicted molar refractivity (Wildman–Crippen MR) is 131 cm³/mol. The molecule has 3 heterocycles. The van der Waals surface area contributed by atoms with E-state index in [9.17, 15) is 9.59 Å². The number of aryl methyl sites for hydroxylation is 1. The van der Waals surface area contributed by atoms with Crippen molar-refractivity contribution in [2.24, 2.45) is 0 Å². The third-order valence-corrected chi connectivity index (χ3v) is 6.44. The fraction of sp³-hybridized carbons (Fsp3) is 0.423. The number of nitrogens with zero attached hydrogens (tertiary/aromatic N) is 3. The second-order valence-electron chi connectivity index (χ2n) is 8.66.